The third-order valence-electron chi connectivity index (χ3n) is 14.6. The first kappa shape index (κ1) is 36.7. The first-order valence-electron chi connectivity index (χ1n) is 27.3. The summed E-state index contributed by atoms with van der Waals surface area (Å²) in [4.78, 5) is 9.25. The molecule has 7 nitrogen and oxygen atoms in total. The van der Waals surface area contributed by atoms with Crippen molar-refractivity contribution in [2.24, 2.45) is 14.0 Å². The van der Waals surface area contributed by atoms with Crippen LogP contribution in [0.2, 0.25) is 0 Å². The number of pyridine rings is 1. The summed E-state index contributed by atoms with van der Waals surface area (Å²) in [6.45, 7) is 8.05. The van der Waals surface area contributed by atoms with Gasteiger partial charge in [-0.2, -0.15) is 0 Å². The molecule has 12 aromatic rings. The number of aromatic nitrogens is 4. The molecule has 13 rings (SSSR count). The van der Waals surface area contributed by atoms with Gasteiger partial charge in [-0.3, -0.25) is 4.57 Å². The number of para-hydroxylation sites is 5. The third-order valence-corrected chi connectivity index (χ3v) is 14.6. The minimum atomic E-state index is -2.68. The average Bonchev–Trinajstić information content (AvgIpc) is 3.83. The van der Waals surface area contributed by atoms with Crippen LogP contribution in [0.15, 0.2) is 182 Å². The fourth-order valence-electron chi connectivity index (χ4n) is 11.1. The molecule has 0 amide bonds. The predicted molar refractivity (Wildman–Crippen MR) is 298 cm³/mol. The highest BCUT2D eigenvalue weighted by Crippen LogP contribution is 2.55. The van der Waals surface area contributed by atoms with Gasteiger partial charge >= 0.3 is 0 Å². The minimum Gasteiger partial charge on any atom is -0.457 e. The van der Waals surface area contributed by atoms with Crippen LogP contribution in [0.5, 0.6) is 11.5 Å². The number of hydrogen-bond donors (Lipinski definition) is 0. The Morgan fingerprint density at radius 2 is 1.07 bits per heavy atom. The molecule has 1 aliphatic heterocycles. The van der Waals surface area contributed by atoms with E-state index in [0.29, 0.717) is 39.3 Å². The third kappa shape index (κ3) is 6.59. The summed E-state index contributed by atoms with van der Waals surface area (Å²) >= 11 is 0. The number of fused-ring (bicyclic) bond motifs is 10. The number of benzene rings is 8. The molecule has 0 N–H and O–H groups in total. The Hall–Kier alpha value is -8.29. The summed E-state index contributed by atoms with van der Waals surface area (Å²) in [7, 11) is 0. The quantitative estimate of drug-likeness (QED) is 0.167. The van der Waals surface area contributed by atoms with Gasteiger partial charge in [-0.05, 0) is 94.3 Å². The van der Waals surface area contributed by atoms with Crippen LogP contribution in [0.3, 0.4) is 0 Å². The van der Waals surface area contributed by atoms with E-state index in [4.69, 9.17) is 9.72 Å². The summed E-state index contributed by atoms with van der Waals surface area (Å²) in [5.74, 6) is 2.13. The lowest BCUT2D eigenvalue weighted by atomic mass is 9.86. The standard InChI is InChI=1S/C64H56N6O/c1-63(2,3)41-32-33-65-56(36-41)70-52-27-17-12-22-46(52)47-31-30-44(38-55(47)70)71-45-35-42(64(4,5)6)34-43(37-45)68-39-69(54-29-19-18-28-53(54)68)62-60-58(48-23-13-15-25-50(48)66(60)7)57(40-20-10-9-11-21-40)59-49-24-14-16-26-51(49)67(8)61(59)62/h9-38H,39H2,1-8H3/i7D3,8D3. The molecule has 0 aliphatic carbocycles. The van der Waals surface area contributed by atoms with Crippen molar-refractivity contribution in [1.29, 1.82) is 0 Å². The number of aryl methyl sites for hydroxylation is 2. The van der Waals surface area contributed by atoms with E-state index in [-0.39, 0.29) is 17.5 Å². The molecule has 71 heavy (non-hydrogen) atoms. The van der Waals surface area contributed by atoms with E-state index in [1.807, 2.05) is 109 Å². The van der Waals surface area contributed by atoms with E-state index in [1.165, 1.54) is 14.7 Å². The highest BCUT2D eigenvalue weighted by Gasteiger charge is 2.35. The lowest BCUT2D eigenvalue weighted by Crippen LogP contribution is -2.25. The molecule has 7 heteroatoms. The van der Waals surface area contributed by atoms with Gasteiger partial charge in [-0.25, -0.2) is 4.98 Å². The second-order valence-corrected chi connectivity index (χ2v) is 21.0. The summed E-state index contributed by atoms with van der Waals surface area (Å²) < 4.78 is 67.9. The van der Waals surface area contributed by atoms with Gasteiger partial charge in [-0.1, -0.05) is 139 Å². The van der Waals surface area contributed by atoms with Gasteiger partial charge in [0, 0.05) is 95.1 Å². The molecule has 0 saturated carbocycles. The first-order chi connectivity index (χ1) is 36.8. The molecule has 0 unspecified atom stereocenters. The van der Waals surface area contributed by atoms with Gasteiger partial charge in [0.05, 0.1) is 39.1 Å². The molecule has 0 saturated heterocycles. The average molecular weight is 931 g/mol. The Balaban J connectivity index is 1.04. The zero-order valence-corrected chi connectivity index (χ0v) is 40.6. The Labute approximate surface area is 422 Å². The molecule has 348 valence electrons. The van der Waals surface area contributed by atoms with Gasteiger partial charge in [0.2, 0.25) is 0 Å². The zero-order chi connectivity index (χ0) is 53.5. The van der Waals surface area contributed by atoms with Crippen molar-refractivity contribution in [2.75, 3.05) is 16.5 Å². The number of anilines is 4. The Morgan fingerprint density at radius 3 is 1.72 bits per heavy atom. The molecule has 5 heterocycles. The Bertz CT molecular complexity index is 4250. The minimum absolute atomic E-state index is 0.0751. The van der Waals surface area contributed by atoms with E-state index in [0.717, 1.165) is 82.9 Å². The van der Waals surface area contributed by atoms with E-state index < -0.39 is 14.0 Å². The molecular weight excluding hydrogens is 869 g/mol. The number of ether oxygens (including phenoxy) is 1. The van der Waals surface area contributed by atoms with Crippen LogP contribution >= 0.6 is 0 Å². The summed E-state index contributed by atoms with van der Waals surface area (Å²) in [6.07, 6.45) is 1.89. The van der Waals surface area contributed by atoms with Crippen molar-refractivity contribution >= 4 is 88.2 Å². The fourth-order valence-corrected chi connectivity index (χ4v) is 11.1. The smallest absolute Gasteiger partial charge is 0.137 e. The van der Waals surface area contributed by atoms with Crippen LogP contribution in [-0.2, 0) is 24.8 Å². The molecule has 0 radical (unpaired) electrons. The van der Waals surface area contributed by atoms with Gasteiger partial charge in [0.15, 0.2) is 0 Å². The summed E-state index contributed by atoms with van der Waals surface area (Å²) in [5.41, 5.74) is 10.4. The summed E-state index contributed by atoms with van der Waals surface area (Å²) in [5, 5.41) is 5.17. The van der Waals surface area contributed by atoms with Crippen LogP contribution < -0.4 is 14.5 Å². The predicted octanol–water partition coefficient (Wildman–Crippen LogP) is 16.8. The monoisotopic (exact) mass is 930 g/mol. The van der Waals surface area contributed by atoms with Crippen molar-refractivity contribution in [3.05, 3.63) is 193 Å². The molecule has 4 aromatic heterocycles. The van der Waals surface area contributed by atoms with Gasteiger partial charge < -0.3 is 23.7 Å². The topological polar surface area (TPSA) is 43.4 Å². The normalized spacial score (nSPS) is 14.8. The summed E-state index contributed by atoms with van der Waals surface area (Å²) in [6, 6.07) is 58.6. The number of rotatable bonds is 6. The molecule has 0 atom stereocenters. The van der Waals surface area contributed by atoms with Crippen molar-refractivity contribution in [2.45, 2.75) is 52.4 Å². The van der Waals surface area contributed by atoms with Crippen molar-refractivity contribution in [1.82, 2.24) is 18.7 Å². The van der Waals surface area contributed by atoms with Crippen LogP contribution in [0, 0.1) is 0 Å². The van der Waals surface area contributed by atoms with Gasteiger partial charge in [0.25, 0.3) is 0 Å². The highest BCUT2D eigenvalue weighted by molar-refractivity contribution is 6.33. The molecule has 1 aliphatic rings. The molecule has 0 bridgehead atoms. The number of nitrogens with zero attached hydrogens (tertiary/aromatic N) is 6. The van der Waals surface area contributed by atoms with Crippen molar-refractivity contribution in [3.63, 3.8) is 0 Å². The van der Waals surface area contributed by atoms with Crippen LogP contribution in [0.25, 0.3) is 82.4 Å². The second-order valence-electron chi connectivity index (χ2n) is 21.0. The van der Waals surface area contributed by atoms with Crippen LogP contribution in [0.1, 0.15) is 60.9 Å². The molecule has 8 aromatic carbocycles. The Morgan fingerprint density at radius 1 is 0.493 bits per heavy atom. The fraction of sp³-hybridized carbons (Fsp3) is 0.172. The SMILES string of the molecule is [2H]C([2H])([2H])n1c2ccccc2c2c(-c3ccccc3)c3c4ccccc4n(C([2H])([2H])[2H])c3c(N3CN(c4cc(Oc5ccc6c7ccccc7n(-c7cc(C(C)(C)C)ccn7)c6c5)cc(C(C)(C)C)c4)c4ccccc43)c21. The highest BCUT2D eigenvalue weighted by atomic mass is 16.5. The lowest BCUT2D eigenvalue weighted by molar-refractivity contribution is 0.479. The second kappa shape index (κ2) is 15.6. The molecule has 0 fully saturated rings. The van der Waals surface area contributed by atoms with Crippen LogP contribution in [-0.4, -0.2) is 25.4 Å². The van der Waals surface area contributed by atoms with Crippen molar-refractivity contribution < 1.29 is 13.0 Å². The Kier molecular flexibility index (Phi) is 8.06. The van der Waals surface area contributed by atoms with Gasteiger partial charge in [-0.15, -0.1) is 0 Å². The van der Waals surface area contributed by atoms with Crippen molar-refractivity contribution in [3.8, 4) is 28.4 Å². The lowest BCUT2D eigenvalue weighted by Gasteiger charge is -2.27. The maximum atomic E-state index is 9.30. The first-order valence-corrected chi connectivity index (χ1v) is 24.3. The van der Waals surface area contributed by atoms with E-state index >= 15 is 0 Å². The molecule has 0 spiro atoms. The van der Waals surface area contributed by atoms with E-state index in [1.54, 1.807) is 0 Å². The van der Waals surface area contributed by atoms with E-state index in [9.17, 15) is 8.22 Å². The van der Waals surface area contributed by atoms with E-state index in [2.05, 4.69) is 129 Å². The molecular formula is C64H56N6O. The maximum absolute atomic E-state index is 9.30. The maximum Gasteiger partial charge on any atom is 0.137 e. The van der Waals surface area contributed by atoms with Crippen LogP contribution in [0.4, 0.5) is 22.7 Å². The number of hydrogen-bond acceptors (Lipinski definition) is 4. The largest absolute Gasteiger partial charge is 0.457 e. The van der Waals surface area contributed by atoms with Gasteiger partial charge in [0.1, 0.15) is 24.0 Å². The zero-order valence-electron chi connectivity index (χ0n) is 46.6.